The lowest BCUT2D eigenvalue weighted by Gasteiger charge is -2.35. The maximum absolute atomic E-state index is 6.07. The Morgan fingerprint density at radius 2 is 2.29 bits per heavy atom. The van der Waals surface area contributed by atoms with E-state index in [0.717, 1.165) is 18.8 Å². The van der Waals surface area contributed by atoms with Gasteiger partial charge in [0, 0.05) is 18.8 Å². The van der Waals surface area contributed by atoms with Crippen LogP contribution in [-0.4, -0.2) is 23.1 Å². The number of nitrogens with two attached hydrogens (primary N) is 1. The van der Waals surface area contributed by atoms with Crippen molar-refractivity contribution >= 4 is 5.82 Å². The van der Waals surface area contributed by atoms with Gasteiger partial charge in [-0.2, -0.15) is 0 Å². The average Bonchev–Trinajstić information content (AvgIpc) is 2.44. The molecule has 14 heavy (non-hydrogen) atoms. The molecule has 0 aromatic carbocycles. The molecule has 2 heterocycles. The number of hydrogen-bond acceptors (Lipinski definition) is 3. The Balaban J connectivity index is 2.29. The molecule has 3 nitrogen and oxygen atoms in total. The molecule has 0 aliphatic carbocycles. The Morgan fingerprint density at radius 1 is 1.50 bits per heavy atom. The second-order valence-corrected chi connectivity index (χ2v) is 4.39. The van der Waals surface area contributed by atoms with Gasteiger partial charge in [0.25, 0.3) is 0 Å². The molecule has 2 N–H and O–H groups in total. The van der Waals surface area contributed by atoms with Gasteiger partial charge in [0.15, 0.2) is 0 Å². The summed E-state index contributed by atoms with van der Waals surface area (Å²) in [6.07, 6.45) is 2.87. The van der Waals surface area contributed by atoms with Gasteiger partial charge >= 0.3 is 0 Å². The highest BCUT2D eigenvalue weighted by molar-refractivity contribution is 5.43. The molecule has 0 amide bonds. The predicted octanol–water partition coefficient (Wildman–Crippen LogP) is 1.40. The average molecular weight is 191 g/mol. The monoisotopic (exact) mass is 191 g/mol. The molecule has 1 unspecified atom stereocenters. The minimum atomic E-state index is 0.0222. The van der Waals surface area contributed by atoms with E-state index in [1.807, 2.05) is 24.4 Å². The van der Waals surface area contributed by atoms with E-state index in [0.29, 0.717) is 0 Å². The molecule has 1 aromatic rings. The molecule has 2 rings (SSSR count). The fraction of sp³-hybridized carbons (Fsp3) is 0.545. The summed E-state index contributed by atoms with van der Waals surface area (Å²) in [5.41, 5.74) is 6.09. The molecule has 0 radical (unpaired) electrons. The van der Waals surface area contributed by atoms with Crippen LogP contribution in [0.2, 0.25) is 0 Å². The lowest BCUT2D eigenvalue weighted by molar-refractivity contribution is 0.451. The van der Waals surface area contributed by atoms with Crippen molar-refractivity contribution in [1.29, 1.82) is 0 Å². The molecule has 76 valence electrons. The first-order valence-corrected chi connectivity index (χ1v) is 5.06. The van der Waals surface area contributed by atoms with Crippen LogP contribution in [0.1, 0.15) is 20.3 Å². The van der Waals surface area contributed by atoms with Gasteiger partial charge < -0.3 is 10.6 Å². The fourth-order valence-corrected chi connectivity index (χ4v) is 2.03. The van der Waals surface area contributed by atoms with Crippen LogP contribution in [0.15, 0.2) is 24.4 Å². The topological polar surface area (TPSA) is 42.1 Å². The molecule has 0 saturated carbocycles. The molecule has 1 aromatic heterocycles. The molecule has 1 aliphatic heterocycles. The summed E-state index contributed by atoms with van der Waals surface area (Å²) in [4.78, 5) is 6.65. The highest BCUT2D eigenvalue weighted by Crippen LogP contribution is 2.31. The van der Waals surface area contributed by atoms with Gasteiger partial charge in [-0.15, -0.1) is 0 Å². The Bertz CT molecular complexity index is 308. The molecule has 1 saturated heterocycles. The normalized spacial score (nSPS) is 25.4. The Kier molecular flexibility index (Phi) is 2.19. The zero-order valence-electron chi connectivity index (χ0n) is 8.77. The molecule has 1 atom stereocenters. The van der Waals surface area contributed by atoms with E-state index in [4.69, 9.17) is 5.73 Å². The van der Waals surface area contributed by atoms with Crippen molar-refractivity contribution in [3.05, 3.63) is 24.4 Å². The number of anilines is 1. The van der Waals surface area contributed by atoms with Crippen molar-refractivity contribution in [3.8, 4) is 0 Å². The summed E-state index contributed by atoms with van der Waals surface area (Å²) < 4.78 is 0. The number of aromatic nitrogens is 1. The molecule has 3 heteroatoms. The number of rotatable bonds is 1. The van der Waals surface area contributed by atoms with Gasteiger partial charge in [0.2, 0.25) is 0 Å². The smallest absolute Gasteiger partial charge is 0.128 e. The number of pyridine rings is 1. The quantitative estimate of drug-likeness (QED) is 0.729. The highest BCUT2D eigenvalue weighted by Gasteiger charge is 2.39. The lowest BCUT2D eigenvalue weighted by Crippen LogP contribution is -2.49. The third kappa shape index (κ3) is 1.38. The van der Waals surface area contributed by atoms with Crippen molar-refractivity contribution in [3.63, 3.8) is 0 Å². The lowest BCUT2D eigenvalue weighted by atomic mass is 9.97. The summed E-state index contributed by atoms with van der Waals surface area (Å²) in [5.74, 6) is 1.03. The first-order chi connectivity index (χ1) is 6.62. The third-order valence-corrected chi connectivity index (χ3v) is 3.19. The van der Waals surface area contributed by atoms with Gasteiger partial charge in [-0.25, -0.2) is 4.98 Å². The molecule has 1 fully saturated rings. The zero-order chi connectivity index (χ0) is 10.2. The van der Waals surface area contributed by atoms with Crippen LogP contribution < -0.4 is 10.6 Å². The standard InChI is InChI=1S/C11H17N3/c1-11(2)9(12)6-8-14(11)10-5-3-4-7-13-10/h3-5,7,9H,6,8,12H2,1-2H3. The van der Waals surface area contributed by atoms with Crippen molar-refractivity contribution < 1.29 is 0 Å². The van der Waals surface area contributed by atoms with Crippen molar-refractivity contribution in [2.45, 2.75) is 31.8 Å². The molecular weight excluding hydrogens is 174 g/mol. The van der Waals surface area contributed by atoms with Crippen molar-refractivity contribution in [2.24, 2.45) is 5.73 Å². The first-order valence-electron chi connectivity index (χ1n) is 5.06. The van der Waals surface area contributed by atoms with E-state index >= 15 is 0 Å². The van der Waals surface area contributed by atoms with E-state index in [1.54, 1.807) is 0 Å². The molecular formula is C11H17N3. The fourth-order valence-electron chi connectivity index (χ4n) is 2.03. The van der Waals surface area contributed by atoms with E-state index in [1.165, 1.54) is 0 Å². The summed E-state index contributed by atoms with van der Waals surface area (Å²) in [5, 5.41) is 0. The molecule has 0 spiro atoms. The van der Waals surface area contributed by atoms with Gasteiger partial charge in [0.05, 0.1) is 5.54 Å². The van der Waals surface area contributed by atoms with Gasteiger partial charge in [-0.1, -0.05) is 6.07 Å². The minimum Gasteiger partial charge on any atom is -0.350 e. The van der Waals surface area contributed by atoms with Crippen LogP contribution >= 0.6 is 0 Å². The summed E-state index contributed by atoms with van der Waals surface area (Å²) >= 11 is 0. The van der Waals surface area contributed by atoms with Crippen molar-refractivity contribution in [2.75, 3.05) is 11.4 Å². The Labute approximate surface area is 84.9 Å². The third-order valence-electron chi connectivity index (χ3n) is 3.19. The minimum absolute atomic E-state index is 0.0222. The second kappa shape index (κ2) is 3.24. The van der Waals surface area contributed by atoms with Crippen LogP contribution in [0.4, 0.5) is 5.82 Å². The number of hydrogen-bond donors (Lipinski definition) is 1. The van der Waals surface area contributed by atoms with E-state index in [-0.39, 0.29) is 11.6 Å². The van der Waals surface area contributed by atoms with Crippen LogP contribution in [0.25, 0.3) is 0 Å². The second-order valence-electron chi connectivity index (χ2n) is 4.39. The Hall–Kier alpha value is -1.09. The maximum atomic E-state index is 6.07. The molecule has 0 bridgehead atoms. The predicted molar refractivity (Wildman–Crippen MR) is 58.3 cm³/mol. The Morgan fingerprint density at radius 3 is 2.79 bits per heavy atom. The van der Waals surface area contributed by atoms with Crippen LogP contribution in [0, 0.1) is 0 Å². The highest BCUT2D eigenvalue weighted by atomic mass is 15.3. The summed E-state index contributed by atoms with van der Waals surface area (Å²) in [6.45, 7) is 5.36. The van der Waals surface area contributed by atoms with E-state index in [9.17, 15) is 0 Å². The van der Waals surface area contributed by atoms with Crippen LogP contribution in [0.3, 0.4) is 0 Å². The van der Waals surface area contributed by atoms with E-state index < -0.39 is 0 Å². The number of nitrogens with zero attached hydrogens (tertiary/aromatic N) is 2. The van der Waals surface area contributed by atoms with Crippen molar-refractivity contribution in [1.82, 2.24) is 4.98 Å². The maximum Gasteiger partial charge on any atom is 0.128 e. The van der Waals surface area contributed by atoms with Gasteiger partial charge in [-0.3, -0.25) is 0 Å². The van der Waals surface area contributed by atoms with Crippen LogP contribution in [0.5, 0.6) is 0 Å². The van der Waals surface area contributed by atoms with Gasteiger partial charge in [0.1, 0.15) is 5.82 Å². The van der Waals surface area contributed by atoms with Gasteiger partial charge in [-0.05, 0) is 32.4 Å². The first kappa shape index (κ1) is 9.46. The SMILES string of the molecule is CC1(C)C(N)CCN1c1ccccn1. The van der Waals surface area contributed by atoms with E-state index in [2.05, 4.69) is 23.7 Å². The largest absolute Gasteiger partial charge is 0.350 e. The zero-order valence-corrected chi connectivity index (χ0v) is 8.77. The summed E-state index contributed by atoms with van der Waals surface area (Å²) in [6, 6.07) is 6.23. The summed E-state index contributed by atoms with van der Waals surface area (Å²) in [7, 11) is 0. The molecule has 1 aliphatic rings. The van der Waals surface area contributed by atoms with Crippen LogP contribution in [-0.2, 0) is 0 Å².